The van der Waals surface area contributed by atoms with Crippen molar-refractivity contribution in [2.45, 2.75) is 13.5 Å². The topological polar surface area (TPSA) is 32.5 Å². The maximum absolute atomic E-state index is 5.79. The van der Waals surface area contributed by atoms with Crippen LogP contribution >= 0.6 is 0 Å². The summed E-state index contributed by atoms with van der Waals surface area (Å²) in [6, 6.07) is 14.6. The molecule has 1 aromatic heterocycles. The second-order valence-electron chi connectivity index (χ2n) is 6.38. The predicted octanol–water partition coefficient (Wildman–Crippen LogP) is 3.63. The van der Waals surface area contributed by atoms with Gasteiger partial charge in [0.25, 0.3) is 0 Å². The molecule has 3 aromatic rings. The van der Waals surface area contributed by atoms with Crippen LogP contribution in [-0.2, 0) is 6.54 Å². The summed E-state index contributed by atoms with van der Waals surface area (Å²) in [5, 5.41) is 2.40. The third-order valence-electron chi connectivity index (χ3n) is 4.87. The summed E-state index contributed by atoms with van der Waals surface area (Å²) >= 11 is 0. The zero-order valence-electron chi connectivity index (χ0n) is 14.1. The lowest BCUT2D eigenvalue weighted by molar-refractivity contribution is 0.131. The van der Waals surface area contributed by atoms with Gasteiger partial charge < -0.3 is 9.32 Å². The molecule has 1 aliphatic heterocycles. The summed E-state index contributed by atoms with van der Waals surface area (Å²) < 4.78 is 5.79. The number of fused-ring (bicyclic) bond motifs is 1. The summed E-state index contributed by atoms with van der Waals surface area (Å²) in [4.78, 5) is 9.68. The Balaban J connectivity index is 1.52. The van der Waals surface area contributed by atoms with Crippen LogP contribution in [0.4, 0.5) is 0 Å². The highest BCUT2D eigenvalue weighted by Gasteiger charge is 2.17. The highest BCUT2D eigenvalue weighted by molar-refractivity contribution is 5.94. The zero-order chi connectivity index (χ0) is 16.4. The smallest absolute Gasteiger partial charge is 0.226 e. The van der Waals surface area contributed by atoms with Crippen LogP contribution in [0.15, 0.2) is 53.1 Å². The summed E-state index contributed by atoms with van der Waals surface area (Å²) in [7, 11) is 0. The summed E-state index contributed by atoms with van der Waals surface area (Å²) in [6.45, 7) is 8.72. The molecule has 0 amide bonds. The number of rotatable bonds is 4. The lowest BCUT2D eigenvalue weighted by Crippen LogP contribution is -2.45. The minimum atomic E-state index is 0.717. The van der Waals surface area contributed by atoms with Crippen molar-refractivity contribution in [1.82, 2.24) is 14.8 Å². The van der Waals surface area contributed by atoms with E-state index in [1.807, 2.05) is 6.26 Å². The Morgan fingerprint density at radius 2 is 1.71 bits per heavy atom. The minimum Gasteiger partial charge on any atom is -0.444 e. The number of likely N-dealkylation sites (N-methyl/N-ethyl adjacent to an activating group) is 1. The van der Waals surface area contributed by atoms with E-state index in [-0.39, 0.29) is 0 Å². The summed E-state index contributed by atoms with van der Waals surface area (Å²) in [5.74, 6) is 0.717. The van der Waals surface area contributed by atoms with Gasteiger partial charge in [-0.05, 0) is 23.4 Å². The van der Waals surface area contributed by atoms with Gasteiger partial charge in [-0.25, -0.2) is 4.98 Å². The molecular formula is C20H23N3O. The highest BCUT2D eigenvalue weighted by Crippen LogP contribution is 2.28. The Morgan fingerprint density at radius 3 is 2.54 bits per heavy atom. The zero-order valence-corrected chi connectivity index (χ0v) is 14.1. The highest BCUT2D eigenvalue weighted by atomic mass is 16.3. The molecular weight excluding hydrogens is 298 g/mol. The van der Waals surface area contributed by atoms with Gasteiger partial charge in [0, 0.05) is 38.3 Å². The Kier molecular flexibility index (Phi) is 4.32. The van der Waals surface area contributed by atoms with Gasteiger partial charge in [0.15, 0.2) is 0 Å². The second-order valence-corrected chi connectivity index (χ2v) is 6.38. The molecule has 0 saturated carbocycles. The average molecular weight is 321 g/mol. The maximum Gasteiger partial charge on any atom is 0.226 e. The molecule has 4 nitrogen and oxygen atoms in total. The first-order valence-electron chi connectivity index (χ1n) is 8.71. The molecule has 2 aromatic carbocycles. The molecule has 1 saturated heterocycles. The fraction of sp³-hybridized carbons (Fsp3) is 0.350. The molecule has 0 atom stereocenters. The van der Waals surface area contributed by atoms with Gasteiger partial charge >= 0.3 is 0 Å². The number of aromatic nitrogens is 1. The SMILES string of the molecule is CCN1CCN(Cc2coc(-c3cccc4ccccc34)n2)CC1. The monoisotopic (exact) mass is 321 g/mol. The number of nitrogens with zero attached hydrogens (tertiary/aromatic N) is 3. The molecule has 1 fully saturated rings. The Morgan fingerprint density at radius 1 is 0.958 bits per heavy atom. The normalized spacial score (nSPS) is 16.7. The third kappa shape index (κ3) is 3.07. The van der Waals surface area contributed by atoms with Crippen molar-refractivity contribution in [2.24, 2.45) is 0 Å². The van der Waals surface area contributed by atoms with Gasteiger partial charge in [-0.2, -0.15) is 0 Å². The van der Waals surface area contributed by atoms with Crippen LogP contribution in [0, 0.1) is 0 Å². The van der Waals surface area contributed by atoms with E-state index in [2.05, 4.69) is 59.2 Å². The maximum atomic E-state index is 5.79. The molecule has 4 heteroatoms. The van der Waals surface area contributed by atoms with Crippen LogP contribution in [0.1, 0.15) is 12.6 Å². The largest absolute Gasteiger partial charge is 0.444 e. The second kappa shape index (κ2) is 6.75. The van der Waals surface area contributed by atoms with E-state index in [4.69, 9.17) is 9.40 Å². The first kappa shape index (κ1) is 15.4. The third-order valence-corrected chi connectivity index (χ3v) is 4.87. The number of piperazine rings is 1. The molecule has 0 spiro atoms. The fourth-order valence-corrected chi connectivity index (χ4v) is 3.41. The van der Waals surface area contributed by atoms with Gasteiger partial charge in [-0.3, -0.25) is 4.90 Å². The van der Waals surface area contributed by atoms with E-state index in [9.17, 15) is 0 Å². The van der Waals surface area contributed by atoms with Gasteiger partial charge in [0.2, 0.25) is 5.89 Å². The van der Waals surface area contributed by atoms with Gasteiger partial charge in [-0.15, -0.1) is 0 Å². The number of hydrogen-bond acceptors (Lipinski definition) is 4. The van der Waals surface area contributed by atoms with Gasteiger partial charge in [0.1, 0.15) is 6.26 Å². The Bertz CT molecular complexity index is 813. The lowest BCUT2D eigenvalue weighted by Gasteiger charge is -2.33. The average Bonchev–Trinajstić information content (AvgIpc) is 3.10. The summed E-state index contributed by atoms with van der Waals surface area (Å²) in [5.41, 5.74) is 2.08. The van der Waals surface area contributed by atoms with Crippen molar-refractivity contribution >= 4 is 10.8 Å². The Labute approximate surface area is 142 Å². The van der Waals surface area contributed by atoms with Crippen molar-refractivity contribution in [1.29, 1.82) is 0 Å². The molecule has 2 heterocycles. The number of benzene rings is 2. The minimum absolute atomic E-state index is 0.717. The van der Waals surface area contributed by atoms with E-state index in [1.54, 1.807) is 0 Å². The standard InChI is InChI=1S/C20H23N3O/c1-2-22-10-12-23(13-11-22)14-17-15-24-20(21-17)19-9-5-7-16-6-3-4-8-18(16)19/h3-9,15H,2,10-14H2,1H3. The van der Waals surface area contributed by atoms with Crippen molar-refractivity contribution in [2.75, 3.05) is 32.7 Å². The molecule has 0 aliphatic carbocycles. The molecule has 4 rings (SSSR count). The van der Waals surface area contributed by atoms with Gasteiger partial charge in [-0.1, -0.05) is 43.3 Å². The molecule has 0 N–H and O–H groups in total. The molecule has 1 aliphatic rings. The van der Waals surface area contributed by atoms with Crippen LogP contribution in [0.2, 0.25) is 0 Å². The van der Waals surface area contributed by atoms with Crippen LogP contribution in [-0.4, -0.2) is 47.5 Å². The van der Waals surface area contributed by atoms with Crippen molar-refractivity contribution in [3.63, 3.8) is 0 Å². The number of oxazole rings is 1. The van der Waals surface area contributed by atoms with Crippen LogP contribution in [0.5, 0.6) is 0 Å². The van der Waals surface area contributed by atoms with E-state index >= 15 is 0 Å². The van der Waals surface area contributed by atoms with Crippen LogP contribution < -0.4 is 0 Å². The molecule has 0 radical (unpaired) electrons. The van der Waals surface area contributed by atoms with Crippen molar-refractivity contribution in [3.8, 4) is 11.5 Å². The van der Waals surface area contributed by atoms with Crippen LogP contribution in [0.3, 0.4) is 0 Å². The van der Waals surface area contributed by atoms with Crippen LogP contribution in [0.25, 0.3) is 22.2 Å². The molecule has 0 unspecified atom stereocenters. The van der Waals surface area contributed by atoms with E-state index in [1.165, 1.54) is 10.8 Å². The molecule has 124 valence electrons. The quantitative estimate of drug-likeness (QED) is 0.734. The van der Waals surface area contributed by atoms with E-state index < -0.39 is 0 Å². The first-order chi connectivity index (χ1) is 11.8. The van der Waals surface area contributed by atoms with Crippen molar-refractivity contribution in [3.05, 3.63) is 54.4 Å². The lowest BCUT2D eigenvalue weighted by atomic mass is 10.0. The van der Waals surface area contributed by atoms with Gasteiger partial charge in [0.05, 0.1) is 5.69 Å². The predicted molar refractivity (Wildman–Crippen MR) is 96.8 cm³/mol. The summed E-state index contributed by atoms with van der Waals surface area (Å²) in [6.07, 6.45) is 1.81. The van der Waals surface area contributed by atoms with E-state index in [0.717, 1.165) is 50.5 Å². The molecule has 0 bridgehead atoms. The first-order valence-corrected chi connectivity index (χ1v) is 8.71. The Hall–Kier alpha value is -2.17. The fourth-order valence-electron chi connectivity index (χ4n) is 3.41. The number of hydrogen-bond donors (Lipinski definition) is 0. The van der Waals surface area contributed by atoms with Crippen molar-refractivity contribution < 1.29 is 4.42 Å². The molecule has 24 heavy (non-hydrogen) atoms. The van der Waals surface area contributed by atoms with E-state index in [0.29, 0.717) is 5.89 Å².